The maximum atomic E-state index is 12.2. The van der Waals surface area contributed by atoms with Gasteiger partial charge < -0.3 is 15.3 Å². The Bertz CT molecular complexity index is 952. The van der Waals surface area contributed by atoms with Crippen LogP contribution in [0.15, 0.2) is 69.3 Å². The first kappa shape index (κ1) is 19.7. The standard InChI is InChI=1S/C21H23NO3S/c1-4-6-8-15(7-5-2)12-26-13-18(22)17-10-16-9-14(3)19(23)11-20(16)25-21(17)24/h4,6-11,13,23H,1,5,12,22H2,2-3H3/b8-6-,15-7+,18-13-. The van der Waals surface area contributed by atoms with Crippen molar-refractivity contribution < 1.29 is 9.52 Å². The molecule has 1 aromatic heterocycles. The molecule has 0 amide bonds. The molecule has 0 unspecified atom stereocenters. The van der Waals surface area contributed by atoms with E-state index in [2.05, 4.69) is 19.6 Å². The summed E-state index contributed by atoms with van der Waals surface area (Å²) in [6, 6.07) is 4.90. The molecular weight excluding hydrogens is 346 g/mol. The van der Waals surface area contributed by atoms with Gasteiger partial charge in [-0.3, -0.25) is 0 Å². The predicted octanol–water partition coefficient (Wildman–Crippen LogP) is 4.88. The molecule has 0 atom stereocenters. The first-order chi connectivity index (χ1) is 12.5. The van der Waals surface area contributed by atoms with Crippen LogP contribution in [0.1, 0.15) is 24.5 Å². The molecule has 2 aromatic rings. The van der Waals surface area contributed by atoms with E-state index in [1.807, 2.05) is 12.2 Å². The molecule has 3 N–H and O–H groups in total. The number of phenols is 1. The van der Waals surface area contributed by atoms with Crippen LogP contribution in [0.4, 0.5) is 0 Å². The first-order valence-electron chi connectivity index (χ1n) is 8.29. The summed E-state index contributed by atoms with van der Waals surface area (Å²) < 4.78 is 5.29. The second-order valence-electron chi connectivity index (χ2n) is 5.79. The molecular formula is C21H23NO3S. The number of phenolic OH excluding ortho intramolecular Hbond substituents is 1. The van der Waals surface area contributed by atoms with Gasteiger partial charge in [-0.05, 0) is 42.0 Å². The number of thioether (sulfide) groups is 1. The maximum Gasteiger partial charge on any atom is 0.345 e. The van der Waals surface area contributed by atoms with Crippen LogP contribution in [0.3, 0.4) is 0 Å². The van der Waals surface area contributed by atoms with Gasteiger partial charge in [-0.1, -0.05) is 37.8 Å². The zero-order valence-corrected chi connectivity index (χ0v) is 15.8. The Kier molecular flexibility index (Phi) is 6.92. The lowest BCUT2D eigenvalue weighted by Crippen LogP contribution is -2.10. The molecule has 0 aliphatic heterocycles. The lowest BCUT2D eigenvalue weighted by Gasteiger charge is -2.05. The Balaban J connectivity index is 2.25. The summed E-state index contributed by atoms with van der Waals surface area (Å²) in [5, 5.41) is 12.2. The maximum absolute atomic E-state index is 12.2. The number of aryl methyl sites for hydroxylation is 1. The molecule has 136 valence electrons. The Morgan fingerprint density at radius 1 is 1.38 bits per heavy atom. The van der Waals surface area contributed by atoms with Gasteiger partial charge in [0.2, 0.25) is 0 Å². The minimum atomic E-state index is -0.522. The van der Waals surface area contributed by atoms with Crippen LogP contribution in [0.25, 0.3) is 16.7 Å². The van der Waals surface area contributed by atoms with Crippen molar-refractivity contribution in [3.05, 3.63) is 81.6 Å². The summed E-state index contributed by atoms with van der Waals surface area (Å²) >= 11 is 1.51. The van der Waals surface area contributed by atoms with E-state index in [1.54, 1.807) is 30.5 Å². The zero-order valence-electron chi connectivity index (χ0n) is 15.0. The van der Waals surface area contributed by atoms with Crippen molar-refractivity contribution in [2.75, 3.05) is 5.75 Å². The number of hydrogen-bond donors (Lipinski definition) is 2. The first-order valence-corrected chi connectivity index (χ1v) is 9.34. The van der Waals surface area contributed by atoms with E-state index in [4.69, 9.17) is 10.2 Å². The van der Waals surface area contributed by atoms with Gasteiger partial charge in [0.05, 0.1) is 11.3 Å². The largest absolute Gasteiger partial charge is 0.508 e. The van der Waals surface area contributed by atoms with Crippen molar-refractivity contribution in [2.45, 2.75) is 20.3 Å². The molecule has 26 heavy (non-hydrogen) atoms. The van der Waals surface area contributed by atoms with E-state index in [0.717, 1.165) is 23.1 Å². The van der Waals surface area contributed by atoms with E-state index in [-0.39, 0.29) is 5.75 Å². The smallest absolute Gasteiger partial charge is 0.345 e. The average molecular weight is 369 g/mol. The van der Waals surface area contributed by atoms with Crippen molar-refractivity contribution in [3.8, 4) is 5.75 Å². The molecule has 0 bridgehead atoms. The molecule has 0 saturated heterocycles. The van der Waals surface area contributed by atoms with E-state index in [0.29, 0.717) is 22.4 Å². The molecule has 1 aromatic carbocycles. The lowest BCUT2D eigenvalue weighted by atomic mass is 10.1. The number of allylic oxidation sites excluding steroid dienone is 4. The van der Waals surface area contributed by atoms with Crippen molar-refractivity contribution in [2.24, 2.45) is 5.73 Å². The van der Waals surface area contributed by atoms with Gasteiger partial charge in [0.1, 0.15) is 11.3 Å². The number of nitrogens with two attached hydrogens (primary N) is 1. The Labute approximate surface area is 157 Å². The van der Waals surface area contributed by atoms with Gasteiger partial charge in [0.25, 0.3) is 0 Å². The summed E-state index contributed by atoms with van der Waals surface area (Å²) in [4.78, 5) is 12.2. The van der Waals surface area contributed by atoms with Crippen molar-refractivity contribution in [3.63, 3.8) is 0 Å². The van der Waals surface area contributed by atoms with E-state index >= 15 is 0 Å². The molecule has 0 aliphatic carbocycles. The number of fused-ring (bicyclic) bond motifs is 1. The molecule has 0 spiro atoms. The topological polar surface area (TPSA) is 76.5 Å². The van der Waals surface area contributed by atoms with Gasteiger partial charge in [-0.2, -0.15) is 0 Å². The van der Waals surface area contributed by atoms with Crippen LogP contribution in [-0.4, -0.2) is 10.9 Å². The molecule has 0 aliphatic rings. The van der Waals surface area contributed by atoms with E-state index < -0.39 is 5.63 Å². The number of aromatic hydroxyl groups is 1. The Morgan fingerprint density at radius 2 is 2.15 bits per heavy atom. The van der Waals surface area contributed by atoms with E-state index in [1.165, 1.54) is 17.8 Å². The quantitative estimate of drug-likeness (QED) is 0.537. The third-order valence-corrected chi connectivity index (χ3v) is 4.66. The molecule has 4 nitrogen and oxygen atoms in total. The second-order valence-corrected chi connectivity index (χ2v) is 6.65. The van der Waals surface area contributed by atoms with Crippen molar-refractivity contribution in [1.29, 1.82) is 0 Å². The molecule has 0 radical (unpaired) electrons. The molecule has 2 rings (SSSR count). The fourth-order valence-electron chi connectivity index (χ4n) is 2.39. The van der Waals surface area contributed by atoms with Crippen LogP contribution < -0.4 is 11.4 Å². The van der Waals surface area contributed by atoms with Gasteiger partial charge in [0.15, 0.2) is 0 Å². The van der Waals surface area contributed by atoms with Gasteiger partial charge in [-0.25, -0.2) is 4.79 Å². The summed E-state index contributed by atoms with van der Waals surface area (Å²) in [6.07, 6.45) is 8.71. The Hall–Kier alpha value is -2.66. The van der Waals surface area contributed by atoms with Crippen molar-refractivity contribution in [1.82, 2.24) is 0 Å². The molecule has 5 heteroatoms. The lowest BCUT2D eigenvalue weighted by molar-refractivity contribution is 0.469. The van der Waals surface area contributed by atoms with Crippen molar-refractivity contribution >= 4 is 28.4 Å². The fourth-order valence-corrected chi connectivity index (χ4v) is 3.19. The van der Waals surface area contributed by atoms with Crippen LogP contribution in [0.2, 0.25) is 0 Å². The highest BCUT2D eigenvalue weighted by Gasteiger charge is 2.10. The summed E-state index contributed by atoms with van der Waals surface area (Å²) in [5.74, 6) is 0.834. The summed E-state index contributed by atoms with van der Waals surface area (Å²) in [7, 11) is 0. The highest BCUT2D eigenvalue weighted by atomic mass is 32.2. The highest BCUT2D eigenvalue weighted by molar-refractivity contribution is 8.02. The van der Waals surface area contributed by atoms with Crippen LogP contribution in [0.5, 0.6) is 5.75 Å². The van der Waals surface area contributed by atoms with Crippen LogP contribution in [0, 0.1) is 6.92 Å². The predicted molar refractivity (Wildman–Crippen MR) is 111 cm³/mol. The normalized spacial score (nSPS) is 12.8. The summed E-state index contributed by atoms with van der Waals surface area (Å²) in [5.41, 5.74) is 8.46. The monoisotopic (exact) mass is 369 g/mol. The van der Waals surface area contributed by atoms with Crippen LogP contribution >= 0.6 is 11.8 Å². The zero-order chi connectivity index (χ0) is 19.1. The van der Waals surface area contributed by atoms with E-state index in [9.17, 15) is 9.90 Å². The molecule has 0 fully saturated rings. The molecule has 1 heterocycles. The average Bonchev–Trinajstić information content (AvgIpc) is 2.60. The van der Waals surface area contributed by atoms with Crippen LogP contribution in [-0.2, 0) is 0 Å². The second kappa shape index (κ2) is 9.15. The minimum absolute atomic E-state index is 0.0929. The third kappa shape index (κ3) is 4.92. The highest BCUT2D eigenvalue weighted by Crippen LogP contribution is 2.25. The van der Waals surface area contributed by atoms with Gasteiger partial charge in [0, 0.05) is 17.2 Å². The van der Waals surface area contributed by atoms with Gasteiger partial charge >= 0.3 is 5.63 Å². The Morgan fingerprint density at radius 3 is 2.85 bits per heavy atom. The number of hydrogen-bond acceptors (Lipinski definition) is 5. The SMILES string of the molecule is C=C/C=C\C(=C/CC)CS/C=C(\N)c1cc2cc(C)c(O)cc2oc1=O. The van der Waals surface area contributed by atoms with Gasteiger partial charge in [-0.15, -0.1) is 11.8 Å². The minimum Gasteiger partial charge on any atom is -0.508 e. The number of benzene rings is 1. The fraction of sp³-hybridized carbons (Fsp3) is 0.190. The third-order valence-electron chi connectivity index (χ3n) is 3.73. The number of rotatable bonds is 7. The summed E-state index contributed by atoms with van der Waals surface area (Å²) in [6.45, 7) is 7.54. The molecule has 0 saturated carbocycles.